The number of esters is 1. The fraction of sp³-hybridized carbons (Fsp3) is 0.524. The van der Waals surface area contributed by atoms with Gasteiger partial charge in [0, 0.05) is 11.8 Å². The first-order valence-electron chi connectivity index (χ1n) is 9.88. The molecule has 4 atom stereocenters. The molecule has 148 valence electrons. The number of ketones is 1. The maximum absolute atomic E-state index is 12.9. The molecule has 7 nitrogen and oxygen atoms in total. The molecular formula is C21H24N2O5. The van der Waals surface area contributed by atoms with Gasteiger partial charge in [0.05, 0.1) is 17.3 Å². The van der Waals surface area contributed by atoms with Gasteiger partial charge in [-0.05, 0) is 44.7 Å². The van der Waals surface area contributed by atoms with Crippen molar-refractivity contribution in [1.29, 1.82) is 0 Å². The van der Waals surface area contributed by atoms with Gasteiger partial charge in [0.15, 0.2) is 6.10 Å². The number of Topliss-reactive ketones (excluding diaryl/α,β-unsaturated/α-hetero) is 1. The van der Waals surface area contributed by atoms with Gasteiger partial charge in [-0.15, -0.1) is 0 Å². The van der Waals surface area contributed by atoms with Crippen molar-refractivity contribution in [1.82, 2.24) is 0 Å². The van der Waals surface area contributed by atoms with Gasteiger partial charge in [-0.1, -0.05) is 18.6 Å². The SMILES string of the molecule is C[C@H](OC(=O)C1C[C@H]2CCC[C@@H](C1)C2=O)C(=O)N1CC(=O)Nc2ccccc21. The second kappa shape index (κ2) is 7.37. The van der Waals surface area contributed by atoms with Crippen LogP contribution in [-0.4, -0.2) is 36.2 Å². The fourth-order valence-electron chi connectivity index (χ4n) is 4.64. The second-order valence-electron chi connectivity index (χ2n) is 7.96. The van der Waals surface area contributed by atoms with Crippen LogP contribution in [0.25, 0.3) is 0 Å². The molecule has 3 aliphatic rings. The summed E-state index contributed by atoms with van der Waals surface area (Å²) < 4.78 is 5.48. The minimum Gasteiger partial charge on any atom is -0.452 e. The van der Waals surface area contributed by atoms with Crippen molar-refractivity contribution in [3.05, 3.63) is 24.3 Å². The fourth-order valence-corrected chi connectivity index (χ4v) is 4.64. The van der Waals surface area contributed by atoms with Crippen LogP contribution in [0.3, 0.4) is 0 Å². The highest BCUT2D eigenvalue weighted by Gasteiger charge is 2.42. The summed E-state index contributed by atoms with van der Waals surface area (Å²) in [4.78, 5) is 51.0. The molecule has 2 saturated carbocycles. The molecule has 1 aromatic carbocycles. The lowest BCUT2D eigenvalue weighted by molar-refractivity contribution is -0.161. The number of para-hydroxylation sites is 2. The summed E-state index contributed by atoms with van der Waals surface area (Å²) in [6, 6.07) is 7.03. The minimum atomic E-state index is -0.996. The number of carbonyl (C=O) groups is 4. The molecule has 1 heterocycles. The Morgan fingerprint density at radius 2 is 1.82 bits per heavy atom. The van der Waals surface area contributed by atoms with E-state index in [0.29, 0.717) is 24.2 Å². The Hall–Kier alpha value is -2.70. The largest absolute Gasteiger partial charge is 0.452 e. The number of rotatable bonds is 3. The van der Waals surface area contributed by atoms with Crippen molar-refractivity contribution in [3.63, 3.8) is 0 Å². The van der Waals surface area contributed by atoms with Crippen LogP contribution in [0.1, 0.15) is 39.0 Å². The Kier molecular flexibility index (Phi) is 4.91. The van der Waals surface area contributed by atoms with Crippen molar-refractivity contribution >= 4 is 34.9 Å². The van der Waals surface area contributed by atoms with Gasteiger partial charge in [-0.25, -0.2) is 0 Å². The van der Waals surface area contributed by atoms with Gasteiger partial charge in [0.2, 0.25) is 5.91 Å². The van der Waals surface area contributed by atoms with E-state index in [1.165, 1.54) is 11.8 Å². The summed E-state index contributed by atoms with van der Waals surface area (Å²) in [6.45, 7) is 1.42. The Balaban J connectivity index is 1.43. The zero-order valence-corrected chi connectivity index (χ0v) is 15.8. The van der Waals surface area contributed by atoms with Crippen LogP contribution in [0, 0.1) is 17.8 Å². The van der Waals surface area contributed by atoms with Crippen molar-refractivity contribution in [2.75, 3.05) is 16.8 Å². The smallest absolute Gasteiger partial charge is 0.309 e. The number of anilines is 2. The predicted molar refractivity (Wildman–Crippen MR) is 102 cm³/mol. The zero-order valence-electron chi connectivity index (χ0n) is 15.8. The molecule has 0 radical (unpaired) electrons. The number of hydrogen-bond acceptors (Lipinski definition) is 5. The van der Waals surface area contributed by atoms with Crippen LogP contribution in [0.5, 0.6) is 0 Å². The van der Waals surface area contributed by atoms with Gasteiger partial charge >= 0.3 is 5.97 Å². The third-order valence-electron chi connectivity index (χ3n) is 6.06. The molecule has 28 heavy (non-hydrogen) atoms. The van der Waals surface area contributed by atoms with Gasteiger partial charge in [0.1, 0.15) is 12.3 Å². The lowest BCUT2D eigenvalue weighted by Crippen LogP contribution is -2.47. The summed E-state index contributed by atoms with van der Waals surface area (Å²) in [5, 5.41) is 2.73. The minimum absolute atomic E-state index is 0.0475. The number of nitrogens with one attached hydrogen (secondary N) is 1. The molecule has 0 spiro atoms. The quantitative estimate of drug-likeness (QED) is 0.807. The molecule has 1 aliphatic heterocycles. The van der Waals surface area contributed by atoms with E-state index in [1.54, 1.807) is 24.3 Å². The lowest BCUT2D eigenvalue weighted by Gasteiger charge is -2.37. The normalized spacial score (nSPS) is 27.5. The van der Waals surface area contributed by atoms with Crippen LogP contribution in [0.2, 0.25) is 0 Å². The Labute approximate surface area is 163 Å². The Morgan fingerprint density at radius 1 is 1.14 bits per heavy atom. The Bertz CT molecular complexity index is 820. The zero-order chi connectivity index (χ0) is 19.8. The van der Waals surface area contributed by atoms with Crippen molar-refractivity contribution in [2.45, 2.75) is 45.1 Å². The van der Waals surface area contributed by atoms with Crippen LogP contribution in [-0.2, 0) is 23.9 Å². The first-order chi connectivity index (χ1) is 13.4. The molecule has 2 fully saturated rings. The average molecular weight is 384 g/mol. The van der Waals surface area contributed by atoms with Crippen LogP contribution in [0.4, 0.5) is 11.4 Å². The number of carbonyl (C=O) groups excluding carboxylic acids is 4. The highest BCUT2D eigenvalue weighted by molar-refractivity contribution is 6.11. The van der Waals surface area contributed by atoms with Gasteiger partial charge < -0.3 is 10.1 Å². The van der Waals surface area contributed by atoms with Crippen molar-refractivity contribution < 1.29 is 23.9 Å². The number of fused-ring (bicyclic) bond motifs is 3. The van der Waals surface area contributed by atoms with E-state index in [4.69, 9.17) is 4.74 Å². The maximum atomic E-state index is 12.9. The molecule has 0 saturated heterocycles. The molecule has 1 unspecified atom stereocenters. The number of nitrogens with zero attached hydrogens (tertiary/aromatic N) is 1. The van der Waals surface area contributed by atoms with Crippen molar-refractivity contribution in [2.24, 2.45) is 17.8 Å². The van der Waals surface area contributed by atoms with Crippen molar-refractivity contribution in [3.8, 4) is 0 Å². The third kappa shape index (κ3) is 3.41. The molecule has 4 rings (SSSR count). The van der Waals surface area contributed by atoms with E-state index in [9.17, 15) is 19.2 Å². The maximum Gasteiger partial charge on any atom is 0.309 e. The van der Waals surface area contributed by atoms with E-state index in [-0.39, 0.29) is 36.0 Å². The summed E-state index contributed by atoms with van der Waals surface area (Å²) >= 11 is 0. The van der Waals surface area contributed by atoms with Crippen LogP contribution < -0.4 is 10.2 Å². The average Bonchev–Trinajstić information content (AvgIpc) is 2.66. The molecule has 0 aromatic heterocycles. The number of ether oxygens (including phenoxy) is 1. The number of hydrogen-bond donors (Lipinski definition) is 1. The van der Waals surface area contributed by atoms with Gasteiger partial charge in [-0.2, -0.15) is 0 Å². The third-order valence-corrected chi connectivity index (χ3v) is 6.06. The predicted octanol–water partition coefficient (Wildman–Crippen LogP) is 2.30. The summed E-state index contributed by atoms with van der Waals surface area (Å²) in [5.74, 6) is -1.27. The first-order valence-corrected chi connectivity index (χ1v) is 9.88. The molecular weight excluding hydrogens is 360 g/mol. The van der Waals surface area contributed by atoms with Gasteiger partial charge in [-0.3, -0.25) is 24.1 Å². The molecule has 2 amide bonds. The number of benzene rings is 1. The molecule has 2 aliphatic carbocycles. The van der Waals surface area contributed by atoms with Gasteiger partial charge in [0.25, 0.3) is 5.91 Å². The van der Waals surface area contributed by atoms with E-state index in [1.807, 2.05) is 0 Å². The summed E-state index contributed by atoms with van der Waals surface area (Å²) in [5.41, 5.74) is 1.15. The highest BCUT2D eigenvalue weighted by atomic mass is 16.5. The highest BCUT2D eigenvalue weighted by Crippen LogP contribution is 2.40. The second-order valence-corrected chi connectivity index (χ2v) is 7.96. The molecule has 7 heteroatoms. The number of amides is 2. The van der Waals surface area contributed by atoms with E-state index in [2.05, 4.69) is 5.32 Å². The Morgan fingerprint density at radius 3 is 2.54 bits per heavy atom. The lowest BCUT2D eigenvalue weighted by atomic mass is 9.67. The van der Waals surface area contributed by atoms with E-state index in [0.717, 1.165) is 19.3 Å². The summed E-state index contributed by atoms with van der Waals surface area (Å²) in [7, 11) is 0. The first kappa shape index (κ1) is 18.7. The van der Waals surface area contributed by atoms with Crippen LogP contribution >= 0.6 is 0 Å². The topological polar surface area (TPSA) is 92.8 Å². The molecule has 2 bridgehead atoms. The monoisotopic (exact) mass is 384 g/mol. The molecule has 1 aromatic rings. The molecule has 1 N–H and O–H groups in total. The van der Waals surface area contributed by atoms with Crippen LogP contribution in [0.15, 0.2) is 24.3 Å². The van der Waals surface area contributed by atoms with E-state index < -0.39 is 18.0 Å². The van der Waals surface area contributed by atoms with E-state index >= 15 is 0 Å². The summed E-state index contributed by atoms with van der Waals surface area (Å²) in [6.07, 6.45) is 2.76. The standard InChI is InChI=1S/C21H24N2O5/c1-12(20(26)23-11-18(24)22-16-7-2-3-8-17(16)23)28-21(27)15-9-13-5-4-6-14(10-15)19(13)25/h2-3,7-8,12-15H,4-6,9-11H2,1H3,(H,22,24)/t12-,13-,14+,15?/m0/s1.